The van der Waals surface area contributed by atoms with Gasteiger partial charge in [0.15, 0.2) is 5.96 Å². The molecule has 2 saturated heterocycles. The van der Waals surface area contributed by atoms with Crippen LogP contribution in [0.15, 0.2) is 27.7 Å². The summed E-state index contributed by atoms with van der Waals surface area (Å²) in [7, 11) is 0. The summed E-state index contributed by atoms with van der Waals surface area (Å²) in [5, 5.41) is 3.31. The van der Waals surface area contributed by atoms with Crippen LogP contribution in [0.4, 0.5) is 4.39 Å². The van der Waals surface area contributed by atoms with E-state index in [4.69, 9.17) is 9.47 Å². The van der Waals surface area contributed by atoms with E-state index in [1.807, 2.05) is 6.92 Å². The molecule has 0 bridgehead atoms. The molecule has 5 nitrogen and oxygen atoms in total. The van der Waals surface area contributed by atoms with Crippen LogP contribution in [0.5, 0.6) is 0 Å². The number of morpholine rings is 1. The number of halogens is 3. The zero-order valence-corrected chi connectivity index (χ0v) is 18.8. The number of guanidine groups is 1. The van der Waals surface area contributed by atoms with E-state index in [0.717, 1.165) is 49.5 Å². The summed E-state index contributed by atoms with van der Waals surface area (Å²) >= 11 is 3.38. The monoisotopic (exact) mass is 541 g/mol. The van der Waals surface area contributed by atoms with Crippen LogP contribution in [0.2, 0.25) is 0 Å². The fraction of sp³-hybridized carbons (Fsp3) is 0.611. The highest BCUT2D eigenvalue weighted by molar-refractivity contribution is 14.0. The van der Waals surface area contributed by atoms with Crippen molar-refractivity contribution in [2.24, 2.45) is 4.99 Å². The standard InChI is InChI=1S/C18H25BrFN3O2.HI/c1-2-21-18(22-11-13-10-14(19)5-6-15(13)20)23-7-9-25-17(12-23)16-4-3-8-24-16;/h5-6,10,16-17H,2-4,7-9,11-12H2,1H3,(H,21,22);1H. The third-order valence-corrected chi connectivity index (χ3v) is 5.01. The van der Waals surface area contributed by atoms with Crippen molar-refractivity contribution in [1.29, 1.82) is 0 Å². The lowest BCUT2D eigenvalue weighted by molar-refractivity contribution is -0.0817. The number of ether oxygens (including phenoxy) is 2. The molecule has 0 aliphatic carbocycles. The molecule has 1 aromatic rings. The van der Waals surface area contributed by atoms with E-state index >= 15 is 0 Å². The topological polar surface area (TPSA) is 46.1 Å². The van der Waals surface area contributed by atoms with E-state index in [1.165, 1.54) is 6.07 Å². The van der Waals surface area contributed by atoms with E-state index in [1.54, 1.807) is 12.1 Å². The summed E-state index contributed by atoms with van der Waals surface area (Å²) in [5.74, 6) is 0.565. The Bertz CT molecular complexity index is 614. The van der Waals surface area contributed by atoms with Crippen molar-refractivity contribution in [2.45, 2.75) is 38.5 Å². The highest BCUT2D eigenvalue weighted by atomic mass is 127. The lowest BCUT2D eigenvalue weighted by atomic mass is 10.1. The normalized spacial score (nSPS) is 23.7. The molecular weight excluding hydrogens is 516 g/mol. The zero-order chi connectivity index (χ0) is 17.6. The van der Waals surface area contributed by atoms with Gasteiger partial charge in [-0.3, -0.25) is 0 Å². The van der Waals surface area contributed by atoms with Gasteiger partial charge in [-0.2, -0.15) is 0 Å². The van der Waals surface area contributed by atoms with Gasteiger partial charge < -0.3 is 19.7 Å². The van der Waals surface area contributed by atoms with Gasteiger partial charge in [-0.25, -0.2) is 9.38 Å². The maximum absolute atomic E-state index is 14.0. The van der Waals surface area contributed by atoms with Gasteiger partial charge in [-0.05, 0) is 38.0 Å². The summed E-state index contributed by atoms with van der Waals surface area (Å²) in [6.45, 7) is 6.10. The van der Waals surface area contributed by atoms with Gasteiger partial charge in [0, 0.05) is 36.3 Å². The van der Waals surface area contributed by atoms with Crippen molar-refractivity contribution in [3.05, 3.63) is 34.1 Å². The van der Waals surface area contributed by atoms with Crippen LogP contribution < -0.4 is 5.32 Å². The first-order chi connectivity index (χ1) is 12.2. The minimum atomic E-state index is -0.234. The van der Waals surface area contributed by atoms with Crippen LogP contribution in [-0.2, 0) is 16.0 Å². The van der Waals surface area contributed by atoms with Crippen molar-refractivity contribution in [2.75, 3.05) is 32.8 Å². The second-order valence-corrected chi connectivity index (χ2v) is 7.23. The molecule has 2 fully saturated rings. The Kier molecular flexibility index (Phi) is 9.05. The molecule has 8 heteroatoms. The molecule has 2 aliphatic heterocycles. The van der Waals surface area contributed by atoms with E-state index in [2.05, 4.69) is 31.1 Å². The quantitative estimate of drug-likeness (QED) is 0.360. The number of hydrogen-bond acceptors (Lipinski definition) is 3. The molecule has 146 valence electrons. The Balaban J connectivity index is 0.00000243. The smallest absolute Gasteiger partial charge is 0.194 e. The van der Waals surface area contributed by atoms with Crippen LogP contribution in [-0.4, -0.2) is 55.9 Å². The van der Waals surface area contributed by atoms with E-state index in [-0.39, 0.29) is 42.0 Å². The van der Waals surface area contributed by atoms with E-state index < -0.39 is 0 Å². The zero-order valence-electron chi connectivity index (χ0n) is 14.9. The minimum Gasteiger partial charge on any atom is -0.375 e. The van der Waals surface area contributed by atoms with Gasteiger partial charge in [-0.15, -0.1) is 24.0 Å². The van der Waals surface area contributed by atoms with Crippen LogP contribution in [0.3, 0.4) is 0 Å². The van der Waals surface area contributed by atoms with E-state index in [0.29, 0.717) is 18.7 Å². The summed E-state index contributed by atoms with van der Waals surface area (Å²) < 4.78 is 26.5. The first-order valence-corrected chi connectivity index (χ1v) is 9.67. The highest BCUT2D eigenvalue weighted by Gasteiger charge is 2.32. The predicted octanol–water partition coefficient (Wildman–Crippen LogP) is 3.55. The molecule has 0 amide bonds. The molecular formula is C18H26BrFIN3O2. The van der Waals surface area contributed by atoms with Gasteiger partial charge in [0.2, 0.25) is 0 Å². The van der Waals surface area contributed by atoms with Crippen molar-refractivity contribution in [3.63, 3.8) is 0 Å². The summed E-state index contributed by atoms with van der Waals surface area (Å²) in [6.07, 6.45) is 2.40. The number of nitrogens with zero attached hydrogens (tertiary/aromatic N) is 2. The average molecular weight is 542 g/mol. The number of benzene rings is 1. The Morgan fingerprint density at radius 3 is 2.88 bits per heavy atom. The summed E-state index contributed by atoms with van der Waals surface area (Å²) in [4.78, 5) is 6.83. The Hall–Kier alpha value is -0.450. The highest BCUT2D eigenvalue weighted by Crippen LogP contribution is 2.21. The third-order valence-electron chi connectivity index (χ3n) is 4.51. The maximum atomic E-state index is 14.0. The predicted molar refractivity (Wildman–Crippen MR) is 115 cm³/mol. The lowest BCUT2D eigenvalue weighted by Gasteiger charge is -2.37. The Morgan fingerprint density at radius 1 is 1.35 bits per heavy atom. The van der Waals surface area contributed by atoms with Crippen molar-refractivity contribution >= 4 is 45.9 Å². The first kappa shape index (κ1) is 21.8. The Morgan fingerprint density at radius 2 is 2.15 bits per heavy atom. The number of nitrogens with one attached hydrogen (secondary N) is 1. The maximum Gasteiger partial charge on any atom is 0.194 e. The van der Waals surface area contributed by atoms with E-state index in [9.17, 15) is 4.39 Å². The van der Waals surface area contributed by atoms with Crippen LogP contribution in [0.25, 0.3) is 0 Å². The van der Waals surface area contributed by atoms with Crippen LogP contribution in [0.1, 0.15) is 25.3 Å². The molecule has 26 heavy (non-hydrogen) atoms. The van der Waals surface area contributed by atoms with Crippen LogP contribution >= 0.6 is 39.9 Å². The second-order valence-electron chi connectivity index (χ2n) is 6.31. The SMILES string of the molecule is CCNC(=NCc1cc(Br)ccc1F)N1CCOC(C2CCCO2)C1.I. The van der Waals surface area contributed by atoms with Gasteiger partial charge >= 0.3 is 0 Å². The van der Waals surface area contributed by atoms with Gasteiger partial charge in [-0.1, -0.05) is 15.9 Å². The largest absolute Gasteiger partial charge is 0.375 e. The molecule has 3 rings (SSSR count). The van der Waals surface area contributed by atoms with Crippen molar-refractivity contribution in [1.82, 2.24) is 10.2 Å². The molecule has 0 radical (unpaired) electrons. The van der Waals surface area contributed by atoms with Gasteiger partial charge in [0.1, 0.15) is 11.9 Å². The van der Waals surface area contributed by atoms with Crippen molar-refractivity contribution in [3.8, 4) is 0 Å². The Labute approximate surface area is 179 Å². The molecule has 2 aliphatic rings. The van der Waals surface area contributed by atoms with Crippen LogP contribution in [0, 0.1) is 5.82 Å². The number of aliphatic imine (C=N–C) groups is 1. The third kappa shape index (κ3) is 5.77. The van der Waals surface area contributed by atoms with Gasteiger partial charge in [0.25, 0.3) is 0 Å². The van der Waals surface area contributed by atoms with Crippen molar-refractivity contribution < 1.29 is 13.9 Å². The fourth-order valence-corrected chi connectivity index (χ4v) is 3.65. The summed E-state index contributed by atoms with van der Waals surface area (Å²) in [6, 6.07) is 4.93. The molecule has 2 atom stereocenters. The first-order valence-electron chi connectivity index (χ1n) is 8.87. The molecule has 1 aromatic carbocycles. The molecule has 2 heterocycles. The summed E-state index contributed by atoms with van der Waals surface area (Å²) in [5.41, 5.74) is 0.578. The molecule has 1 N–H and O–H groups in total. The fourth-order valence-electron chi connectivity index (χ4n) is 3.24. The minimum absolute atomic E-state index is 0. The lowest BCUT2D eigenvalue weighted by Crippen LogP contribution is -2.53. The number of rotatable bonds is 4. The molecule has 0 aromatic heterocycles. The second kappa shape index (κ2) is 10.8. The molecule has 0 saturated carbocycles. The molecule has 2 unspecified atom stereocenters. The average Bonchev–Trinajstić information content (AvgIpc) is 3.16. The van der Waals surface area contributed by atoms with Gasteiger partial charge in [0.05, 0.1) is 19.3 Å². The number of hydrogen-bond donors (Lipinski definition) is 1. The molecule has 0 spiro atoms.